The van der Waals surface area contributed by atoms with Crippen LogP contribution in [0.1, 0.15) is 0 Å². The predicted molar refractivity (Wildman–Crippen MR) is 110 cm³/mol. The SMILES string of the molecule is O=C(CSc1nc2cc(Cl)ccc2s1)NC(=O)Nc1ccc2c(c1)OCCO2. The lowest BCUT2D eigenvalue weighted by Crippen LogP contribution is -2.35. The second-order valence-corrected chi connectivity index (χ2v) is 8.43. The monoisotopic (exact) mass is 435 g/mol. The highest BCUT2D eigenvalue weighted by Gasteiger charge is 2.14. The fourth-order valence-electron chi connectivity index (χ4n) is 2.51. The molecule has 2 heterocycles. The van der Waals surface area contributed by atoms with Crippen molar-refractivity contribution >= 4 is 62.5 Å². The van der Waals surface area contributed by atoms with Gasteiger partial charge in [0.25, 0.3) is 0 Å². The van der Waals surface area contributed by atoms with E-state index in [0.29, 0.717) is 35.4 Å². The highest BCUT2D eigenvalue weighted by molar-refractivity contribution is 8.01. The molecule has 10 heteroatoms. The van der Waals surface area contributed by atoms with E-state index in [0.717, 1.165) is 14.6 Å². The summed E-state index contributed by atoms with van der Waals surface area (Å²) in [6, 6.07) is 9.89. The standard InChI is InChI=1S/C18H14ClN3O4S2/c19-10-1-4-15-12(7-10)21-18(28-15)27-9-16(23)22-17(24)20-11-2-3-13-14(8-11)26-6-5-25-13/h1-4,7-8H,5-6,9H2,(H2,20,22,23,24). The van der Waals surface area contributed by atoms with Crippen LogP contribution in [0.5, 0.6) is 11.5 Å². The van der Waals surface area contributed by atoms with E-state index in [1.807, 2.05) is 6.07 Å². The van der Waals surface area contributed by atoms with Crippen molar-refractivity contribution in [3.05, 3.63) is 41.4 Å². The zero-order chi connectivity index (χ0) is 19.5. The number of carbonyl (C=O) groups excluding carboxylic acids is 2. The van der Waals surface area contributed by atoms with Crippen LogP contribution in [0.4, 0.5) is 10.5 Å². The van der Waals surface area contributed by atoms with Crippen LogP contribution in [-0.2, 0) is 4.79 Å². The first-order chi connectivity index (χ1) is 13.6. The van der Waals surface area contributed by atoms with Crippen molar-refractivity contribution in [1.82, 2.24) is 10.3 Å². The topological polar surface area (TPSA) is 89.6 Å². The van der Waals surface area contributed by atoms with Crippen LogP contribution in [0.25, 0.3) is 10.2 Å². The molecule has 1 aliphatic heterocycles. The summed E-state index contributed by atoms with van der Waals surface area (Å²) in [5.74, 6) is 0.836. The molecule has 1 aliphatic rings. The third kappa shape index (κ3) is 4.49. The van der Waals surface area contributed by atoms with Crippen LogP contribution >= 0.6 is 34.7 Å². The van der Waals surface area contributed by atoms with Crippen molar-refractivity contribution in [1.29, 1.82) is 0 Å². The van der Waals surface area contributed by atoms with Gasteiger partial charge in [-0.25, -0.2) is 9.78 Å². The summed E-state index contributed by atoms with van der Waals surface area (Å²) in [4.78, 5) is 28.5. The van der Waals surface area contributed by atoms with E-state index < -0.39 is 11.9 Å². The molecule has 4 rings (SSSR count). The molecule has 0 aliphatic carbocycles. The number of ether oxygens (including phenoxy) is 2. The summed E-state index contributed by atoms with van der Waals surface area (Å²) in [7, 11) is 0. The number of urea groups is 1. The number of thiazole rings is 1. The summed E-state index contributed by atoms with van der Waals surface area (Å²) in [6.07, 6.45) is 0. The van der Waals surface area contributed by atoms with Gasteiger partial charge in [0, 0.05) is 16.8 Å². The first-order valence-corrected chi connectivity index (χ1v) is 10.4. The maximum atomic E-state index is 12.0. The van der Waals surface area contributed by atoms with Crippen LogP contribution < -0.4 is 20.1 Å². The van der Waals surface area contributed by atoms with E-state index in [1.54, 1.807) is 30.3 Å². The van der Waals surface area contributed by atoms with Gasteiger partial charge < -0.3 is 14.8 Å². The van der Waals surface area contributed by atoms with Gasteiger partial charge in [-0.3, -0.25) is 10.1 Å². The smallest absolute Gasteiger partial charge is 0.325 e. The van der Waals surface area contributed by atoms with E-state index in [2.05, 4.69) is 15.6 Å². The van der Waals surface area contributed by atoms with E-state index >= 15 is 0 Å². The summed E-state index contributed by atoms with van der Waals surface area (Å²) < 4.78 is 12.6. The number of imide groups is 1. The molecule has 28 heavy (non-hydrogen) atoms. The van der Waals surface area contributed by atoms with Gasteiger partial charge in [0.2, 0.25) is 5.91 Å². The average Bonchev–Trinajstić information content (AvgIpc) is 3.08. The van der Waals surface area contributed by atoms with Crippen molar-refractivity contribution in [2.24, 2.45) is 0 Å². The lowest BCUT2D eigenvalue weighted by atomic mass is 10.2. The van der Waals surface area contributed by atoms with Crippen LogP contribution in [0, 0.1) is 0 Å². The molecular weight excluding hydrogens is 422 g/mol. The van der Waals surface area contributed by atoms with Gasteiger partial charge in [0.05, 0.1) is 16.0 Å². The summed E-state index contributed by atoms with van der Waals surface area (Å²) in [5.41, 5.74) is 1.29. The molecule has 0 spiro atoms. The maximum absolute atomic E-state index is 12.0. The molecule has 7 nitrogen and oxygen atoms in total. The number of hydrogen-bond acceptors (Lipinski definition) is 7. The molecule has 3 aromatic rings. The lowest BCUT2D eigenvalue weighted by Gasteiger charge is -2.19. The zero-order valence-corrected chi connectivity index (χ0v) is 16.7. The highest BCUT2D eigenvalue weighted by atomic mass is 35.5. The Labute approximate surface area is 173 Å². The molecule has 2 N–H and O–H groups in total. The van der Waals surface area contributed by atoms with Crippen LogP contribution in [-0.4, -0.2) is 35.9 Å². The molecular formula is C18H14ClN3O4S2. The molecule has 2 aromatic carbocycles. The molecule has 3 amide bonds. The third-order valence-corrected chi connectivity index (χ3v) is 6.12. The first kappa shape index (κ1) is 18.9. The molecule has 0 bridgehead atoms. The van der Waals surface area contributed by atoms with E-state index in [4.69, 9.17) is 21.1 Å². The number of nitrogens with one attached hydrogen (secondary N) is 2. The lowest BCUT2D eigenvalue weighted by molar-refractivity contribution is -0.117. The molecule has 0 atom stereocenters. The molecule has 144 valence electrons. The van der Waals surface area contributed by atoms with Gasteiger partial charge in [-0.05, 0) is 30.3 Å². The van der Waals surface area contributed by atoms with E-state index in [9.17, 15) is 9.59 Å². The molecule has 1 aromatic heterocycles. The number of fused-ring (bicyclic) bond motifs is 2. The Bertz CT molecular complexity index is 1060. The number of thioether (sulfide) groups is 1. The number of halogens is 1. The molecule has 0 fully saturated rings. The van der Waals surface area contributed by atoms with Crippen LogP contribution in [0.2, 0.25) is 5.02 Å². The first-order valence-electron chi connectivity index (χ1n) is 8.26. The van der Waals surface area contributed by atoms with Crippen molar-refractivity contribution in [3.8, 4) is 11.5 Å². The number of amides is 3. The highest BCUT2D eigenvalue weighted by Crippen LogP contribution is 2.33. The minimum atomic E-state index is -0.613. The number of hydrogen-bond donors (Lipinski definition) is 2. The van der Waals surface area contributed by atoms with Gasteiger partial charge in [-0.2, -0.15) is 0 Å². The number of benzene rings is 2. The minimum absolute atomic E-state index is 0.0715. The van der Waals surface area contributed by atoms with Gasteiger partial charge in [-0.15, -0.1) is 11.3 Å². The quantitative estimate of drug-likeness (QED) is 0.598. The number of carbonyl (C=O) groups is 2. The molecule has 0 unspecified atom stereocenters. The van der Waals surface area contributed by atoms with Gasteiger partial charge in [0.15, 0.2) is 15.8 Å². The molecule has 0 saturated heterocycles. The van der Waals surface area contributed by atoms with Crippen molar-refractivity contribution in [3.63, 3.8) is 0 Å². The Morgan fingerprint density at radius 2 is 1.96 bits per heavy atom. The summed E-state index contributed by atoms with van der Waals surface area (Å²) in [5, 5.41) is 5.51. The average molecular weight is 436 g/mol. The van der Waals surface area contributed by atoms with Crippen molar-refractivity contribution < 1.29 is 19.1 Å². The largest absolute Gasteiger partial charge is 0.486 e. The van der Waals surface area contributed by atoms with E-state index in [1.165, 1.54) is 23.1 Å². The van der Waals surface area contributed by atoms with E-state index in [-0.39, 0.29) is 5.75 Å². The summed E-state index contributed by atoms with van der Waals surface area (Å²) in [6.45, 7) is 0.949. The zero-order valence-electron chi connectivity index (χ0n) is 14.4. The fraction of sp³-hybridized carbons (Fsp3) is 0.167. The van der Waals surface area contributed by atoms with Gasteiger partial charge in [-0.1, -0.05) is 23.4 Å². The second kappa shape index (κ2) is 8.26. The maximum Gasteiger partial charge on any atom is 0.325 e. The summed E-state index contributed by atoms with van der Waals surface area (Å²) >= 11 is 8.69. The number of aromatic nitrogens is 1. The molecule has 0 radical (unpaired) electrons. The minimum Gasteiger partial charge on any atom is -0.486 e. The number of rotatable bonds is 4. The normalized spacial score (nSPS) is 12.6. The van der Waals surface area contributed by atoms with Crippen molar-refractivity contribution in [2.45, 2.75) is 4.34 Å². The Kier molecular flexibility index (Phi) is 5.56. The van der Waals surface area contributed by atoms with Gasteiger partial charge >= 0.3 is 6.03 Å². The number of nitrogens with zero attached hydrogens (tertiary/aromatic N) is 1. The predicted octanol–water partition coefficient (Wildman–Crippen LogP) is 4.16. The number of anilines is 1. The Morgan fingerprint density at radius 3 is 2.82 bits per heavy atom. The Hall–Kier alpha value is -2.49. The van der Waals surface area contributed by atoms with Crippen molar-refractivity contribution in [2.75, 3.05) is 24.3 Å². The van der Waals surface area contributed by atoms with Crippen LogP contribution in [0.15, 0.2) is 40.7 Å². The molecule has 0 saturated carbocycles. The van der Waals surface area contributed by atoms with Gasteiger partial charge in [0.1, 0.15) is 13.2 Å². The third-order valence-electron chi connectivity index (χ3n) is 3.71. The Morgan fingerprint density at radius 1 is 1.14 bits per heavy atom. The van der Waals surface area contributed by atoms with Crippen LogP contribution in [0.3, 0.4) is 0 Å². The fourth-order valence-corrected chi connectivity index (χ4v) is 4.53. The Balaban J connectivity index is 1.30. The second-order valence-electron chi connectivity index (χ2n) is 5.74.